The summed E-state index contributed by atoms with van der Waals surface area (Å²) in [4.78, 5) is 21.5. The van der Waals surface area contributed by atoms with E-state index in [0.717, 1.165) is 12.1 Å². The molecule has 8 heteroatoms. The molecule has 0 saturated heterocycles. The van der Waals surface area contributed by atoms with Crippen LogP contribution in [0, 0.1) is 15.9 Å². The number of nitro benzene ring substituents is 1. The lowest BCUT2D eigenvalue weighted by molar-refractivity contribution is -0.386. The molecule has 2 unspecified atom stereocenters. The van der Waals surface area contributed by atoms with Crippen molar-refractivity contribution in [1.29, 1.82) is 0 Å². The predicted molar refractivity (Wildman–Crippen MR) is 70.7 cm³/mol. The summed E-state index contributed by atoms with van der Waals surface area (Å²) >= 11 is 0. The summed E-state index contributed by atoms with van der Waals surface area (Å²) < 4.78 is 18.6. The van der Waals surface area contributed by atoms with Crippen molar-refractivity contribution < 1.29 is 24.0 Å². The minimum atomic E-state index is -1.08. The smallest absolute Gasteiger partial charge is 0.324 e. The Bertz CT molecular complexity index is 580. The van der Waals surface area contributed by atoms with Crippen molar-refractivity contribution in [2.75, 3.05) is 7.05 Å². The first-order valence-corrected chi connectivity index (χ1v) is 6.41. The van der Waals surface area contributed by atoms with Gasteiger partial charge < -0.3 is 15.2 Å². The summed E-state index contributed by atoms with van der Waals surface area (Å²) in [5, 5.41) is 22.9. The van der Waals surface area contributed by atoms with E-state index in [2.05, 4.69) is 5.32 Å². The Labute approximate surface area is 119 Å². The Balaban J connectivity index is 2.17. The summed E-state index contributed by atoms with van der Waals surface area (Å²) in [6.07, 6.45) is 0.519. The minimum Gasteiger partial charge on any atom is -0.483 e. The Morgan fingerprint density at radius 1 is 1.62 bits per heavy atom. The van der Waals surface area contributed by atoms with Crippen molar-refractivity contribution in [1.82, 2.24) is 5.32 Å². The second-order valence-electron chi connectivity index (χ2n) is 4.99. The van der Waals surface area contributed by atoms with Crippen molar-refractivity contribution in [2.24, 2.45) is 0 Å². The number of aliphatic carboxylic acids is 1. The first kappa shape index (κ1) is 15.2. The molecule has 0 amide bonds. The number of carbonyl (C=O) groups is 1. The molecule has 0 spiro atoms. The van der Waals surface area contributed by atoms with Gasteiger partial charge in [-0.3, -0.25) is 14.9 Å². The molecule has 1 aromatic rings. The van der Waals surface area contributed by atoms with Gasteiger partial charge in [0, 0.05) is 6.42 Å². The van der Waals surface area contributed by atoms with Gasteiger partial charge in [-0.15, -0.1) is 0 Å². The standard InChI is InChI=1S/C13H15FN2O5/c1-15-13(12(17)18)5-4-9(7-13)21-11-3-2-8(14)6-10(11)16(19)20/h2-3,6,9,15H,4-5,7H2,1H3,(H,17,18). The van der Waals surface area contributed by atoms with Gasteiger partial charge in [0.05, 0.1) is 11.0 Å². The van der Waals surface area contributed by atoms with Gasteiger partial charge in [-0.2, -0.15) is 0 Å². The van der Waals surface area contributed by atoms with Gasteiger partial charge >= 0.3 is 11.7 Å². The topological polar surface area (TPSA) is 102 Å². The number of hydrogen-bond acceptors (Lipinski definition) is 5. The van der Waals surface area contributed by atoms with E-state index in [1.54, 1.807) is 7.05 Å². The van der Waals surface area contributed by atoms with Crippen LogP contribution >= 0.6 is 0 Å². The number of halogens is 1. The number of hydrogen-bond donors (Lipinski definition) is 2. The van der Waals surface area contributed by atoms with Crippen molar-refractivity contribution in [3.63, 3.8) is 0 Å². The van der Waals surface area contributed by atoms with Crippen LogP contribution in [0.3, 0.4) is 0 Å². The maximum Gasteiger partial charge on any atom is 0.324 e. The van der Waals surface area contributed by atoms with Gasteiger partial charge in [0.25, 0.3) is 0 Å². The highest BCUT2D eigenvalue weighted by molar-refractivity contribution is 5.79. The zero-order valence-corrected chi connectivity index (χ0v) is 11.3. The number of likely N-dealkylation sites (N-methyl/N-ethyl adjacent to an activating group) is 1. The molecule has 2 N–H and O–H groups in total. The molecule has 0 aromatic heterocycles. The number of nitrogens with zero attached hydrogens (tertiary/aromatic N) is 1. The molecular formula is C13H15FN2O5. The van der Waals surface area contributed by atoms with E-state index in [9.17, 15) is 24.4 Å². The fraction of sp³-hybridized carbons (Fsp3) is 0.462. The average Bonchev–Trinajstić information content (AvgIpc) is 2.85. The minimum absolute atomic E-state index is 0.0521. The third-order valence-electron chi connectivity index (χ3n) is 3.77. The SMILES string of the molecule is CNC1(C(=O)O)CCC(Oc2ccc(F)cc2[N+](=O)[O-])C1. The number of nitro groups is 1. The molecule has 1 aliphatic rings. The Hall–Kier alpha value is -2.22. The largest absolute Gasteiger partial charge is 0.483 e. The van der Waals surface area contributed by atoms with E-state index >= 15 is 0 Å². The molecule has 1 fully saturated rings. The Kier molecular flexibility index (Phi) is 4.08. The van der Waals surface area contributed by atoms with Gasteiger partial charge in [-0.1, -0.05) is 0 Å². The first-order valence-electron chi connectivity index (χ1n) is 6.41. The molecule has 2 rings (SSSR count). The third-order valence-corrected chi connectivity index (χ3v) is 3.77. The number of carboxylic acids is 1. The lowest BCUT2D eigenvalue weighted by atomic mass is 9.98. The zero-order valence-electron chi connectivity index (χ0n) is 11.3. The summed E-state index contributed by atoms with van der Waals surface area (Å²) in [7, 11) is 1.55. The van der Waals surface area contributed by atoms with Crippen molar-refractivity contribution in [3.8, 4) is 5.75 Å². The summed E-state index contributed by atoms with van der Waals surface area (Å²) in [5.41, 5.74) is -1.55. The number of carboxylic acid groups (broad SMARTS) is 1. The fourth-order valence-corrected chi connectivity index (χ4v) is 2.54. The van der Waals surface area contributed by atoms with Gasteiger partial charge in [0.15, 0.2) is 5.75 Å². The number of ether oxygens (including phenoxy) is 1. The number of rotatable bonds is 5. The monoisotopic (exact) mass is 298 g/mol. The molecule has 2 atom stereocenters. The fourth-order valence-electron chi connectivity index (χ4n) is 2.54. The molecule has 0 heterocycles. The molecule has 1 aromatic carbocycles. The molecule has 1 aliphatic carbocycles. The average molecular weight is 298 g/mol. The van der Waals surface area contributed by atoms with E-state index in [4.69, 9.17) is 4.74 Å². The van der Waals surface area contributed by atoms with Crippen molar-refractivity contribution in [2.45, 2.75) is 30.9 Å². The molecule has 0 bridgehead atoms. The van der Waals surface area contributed by atoms with Crippen LogP contribution in [0.25, 0.3) is 0 Å². The van der Waals surface area contributed by atoms with E-state index in [1.807, 2.05) is 0 Å². The van der Waals surface area contributed by atoms with Crippen LogP contribution in [0.1, 0.15) is 19.3 Å². The van der Waals surface area contributed by atoms with Gasteiger partial charge in [0.1, 0.15) is 17.5 Å². The molecular weight excluding hydrogens is 283 g/mol. The highest BCUT2D eigenvalue weighted by Gasteiger charge is 2.45. The van der Waals surface area contributed by atoms with Crippen LogP contribution in [0.15, 0.2) is 18.2 Å². The quantitative estimate of drug-likeness (QED) is 0.634. The van der Waals surface area contributed by atoms with Crippen LogP contribution < -0.4 is 10.1 Å². The van der Waals surface area contributed by atoms with E-state index < -0.39 is 34.0 Å². The maximum absolute atomic E-state index is 13.1. The Morgan fingerprint density at radius 3 is 2.86 bits per heavy atom. The zero-order chi connectivity index (χ0) is 15.6. The normalized spacial score (nSPS) is 24.8. The number of benzene rings is 1. The highest BCUT2D eigenvalue weighted by atomic mass is 19.1. The summed E-state index contributed by atoms with van der Waals surface area (Å²) in [5.74, 6) is -1.76. The molecule has 0 radical (unpaired) electrons. The predicted octanol–water partition coefficient (Wildman–Crippen LogP) is 1.71. The second-order valence-corrected chi connectivity index (χ2v) is 4.99. The molecule has 7 nitrogen and oxygen atoms in total. The highest BCUT2D eigenvalue weighted by Crippen LogP contribution is 2.36. The lowest BCUT2D eigenvalue weighted by Crippen LogP contribution is -2.48. The van der Waals surface area contributed by atoms with Crippen molar-refractivity contribution >= 4 is 11.7 Å². The first-order chi connectivity index (χ1) is 9.88. The second kappa shape index (κ2) is 5.65. The third kappa shape index (κ3) is 2.94. The van der Waals surface area contributed by atoms with E-state index in [1.165, 1.54) is 6.07 Å². The van der Waals surface area contributed by atoms with Gasteiger partial charge in [-0.05, 0) is 32.0 Å². The van der Waals surface area contributed by atoms with Crippen LogP contribution in [0.2, 0.25) is 0 Å². The molecule has 1 saturated carbocycles. The van der Waals surface area contributed by atoms with Crippen LogP contribution in [-0.4, -0.2) is 34.7 Å². The maximum atomic E-state index is 13.1. The van der Waals surface area contributed by atoms with Crippen LogP contribution in [0.4, 0.5) is 10.1 Å². The van der Waals surface area contributed by atoms with Crippen LogP contribution in [0.5, 0.6) is 5.75 Å². The summed E-state index contributed by atoms with van der Waals surface area (Å²) in [6.45, 7) is 0. The molecule has 0 aliphatic heterocycles. The lowest BCUT2D eigenvalue weighted by Gasteiger charge is -2.23. The van der Waals surface area contributed by atoms with Crippen LogP contribution in [-0.2, 0) is 4.79 Å². The van der Waals surface area contributed by atoms with Crippen molar-refractivity contribution in [3.05, 3.63) is 34.1 Å². The number of nitrogens with one attached hydrogen (secondary N) is 1. The van der Waals surface area contributed by atoms with E-state index in [-0.39, 0.29) is 12.2 Å². The molecule has 21 heavy (non-hydrogen) atoms. The van der Waals surface area contributed by atoms with Gasteiger partial charge in [-0.25, -0.2) is 4.39 Å². The summed E-state index contributed by atoms with van der Waals surface area (Å²) in [6, 6.07) is 3.04. The van der Waals surface area contributed by atoms with E-state index in [0.29, 0.717) is 12.8 Å². The van der Waals surface area contributed by atoms with Gasteiger partial charge in [0.2, 0.25) is 0 Å². The molecule has 114 valence electrons. The Morgan fingerprint density at radius 2 is 2.33 bits per heavy atom.